The molecular formula is C11H8NO3. The molecule has 0 aliphatic carbocycles. The minimum Gasteiger partial charge on any atom is -0.477 e. The van der Waals surface area contributed by atoms with Crippen molar-refractivity contribution in [2.45, 2.75) is 6.92 Å². The molecule has 0 atom stereocenters. The van der Waals surface area contributed by atoms with Crippen molar-refractivity contribution in [3.63, 3.8) is 0 Å². The van der Waals surface area contributed by atoms with Crippen LogP contribution in [0.2, 0.25) is 0 Å². The summed E-state index contributed by atoms with van der Waals surface area (Å²) in [4.78, 5) is 22.4. The van der Waals surface area contributed by atoms with Gasteiger partial charge in [-0.15, -0.1) is 0 Å². The average Bonchev–Trinajstić information content (AvgIpc) is 2.19. The molecule has 2 rings (SSSR count). The van der Waals surface area contributed by atoms with Gasteiger partial charge in [-0.05, 0) is 19.1 Å². The van der Waals surface area contributed by atoms with E-state index in [4.69, 9.17) is 5.11 Å². The van der Waals surface area contributed by atoms with E-state index in [1.165, 1.54) is 0 Å². The number of carbonyl (C=O) groups is 2. The van der Waals surface area contributed by atoms with Gasteiger partial charge >= 0.3 is 5.97 Å². The van der Waals surface area contributed by atoms with Crippen LogP contribution in [0.3, 0.4) is 0 Å². The van der Waals surface area contributed by atoms with Crippen molar-refractivity contribution in [2.24, 2.45) is 0 Å². The molecule has 4 heteroatoms. The van der Waals surface area contributed by atoms with Gasteiger partial charge in [-0.1, -0.05) is 11.6 Å². The first kappa shape index (κ1) is 9.45. The van der Waals surface area contributed by atoms with Crippen LogP contribution in [0.25, 0.3) is 0 Å². The fourth-order valence-electron chi connectivity index (χ4n) is 1.43. The average molecular weight is 202 g/mol. The quantitative estimate of drug-likeness (QED) is 0.700. The summed E-state index contributed by atoms with van der Waals surface area (Å²) in [6.45, 7) is 1.84. The summed E-state index contributed by atoms with van der Waals surface area (Å²) < 4.78 is 0. The molecule has 0 saturated carbocycles. The summed E-state index contributed by atoms with van der Waals surface area (Å²) in [5.74, 6) is -1.72. The van der Waals surface area contributed by atoms with E-state index in [9.17, 15) is 9.59 Å². The van der Waals surface area contributed by atoms with E-state index in [0.717, 1.165) is 11.8 Å². The molecule has 0 spiro atoms. The smallest absolute Gasteiger partial charge is 0.341 e. The lowest BCUT2D eigenvalue weighted by Gasteiger charge is -2.13. The molecule has 0 fully saturated rings. The van der Waals surface area contributed by atoms with Crippen LogP contribution in [0.1, 0.15) is 15.9 Å². The van der Waals surface area contributed by atoms with Crippen LogP contribution >= 0.6 is 0 Å². The number of fused-ring (bicyclic) bond motifs is 1. The molecule has 1 aliphatic rings. The van der Waals surface area contributed by atoms with Crippen molar-refractivity contribution in [3.8, 4) is 0 Å². The molecule has 15 heavy (non-hydrogen) atoms. The zero-order valence-electron chi connectivity index (χ0n) is 8.02. The Morgan fingerprint density at radius 2 is 2.13 bits per heavy atom. The van der Waals surface area contributed by atoms with Crippen molar-refractivity contribution < 1.29 is 14.7 Å². The second kappa shape index (κ2) is 3.24. The van der Waals surface area contributed by atoms with E-state index in [0.29, 0.717) is 11.3 Å². The molecule has 4 nitrogen and oxygen atoms in total. The van der Waals surface area contributed by atoms with Gasteiger partial charge in [0.05, 0.1) is 5.69 Å². The molecule has 0 saturated heterocycles. The summed E-state index contributed by atoms with van der Waals surface area (Å²) in [7, 11) is 0. The third kappa shape index (κ3) is 1.50. The van der Waals surface area contributed by atoms with Gasteiger partial charge in [0.15, 0.2) is 0 Å². The molecule has 1 aromatic carbocycles. The summed E-state index contributed by atoms with van der Waals surface area (Å²) in [6.07, 6.45) is 1.10. The van der Waals surface area contributed by atoms with Crippen LogP contribution in [-0.4, -0.2) is 16.9 Å². The Hall–Kier alpha value is -2.10. The molecule has 75 valence electrons. The minimum atomic E-state index is -1.24. The lowest BCUT2D eigenvalue weighted by molar-refractivity contribution is -0.132. The van der Waals surface area contributed by atoms with Crippen LogP contribution in [0, 0.1) is 6.92 Å². The second-order valence-corrected chi connectivity index (χ2v) is 3.33. The minimum absolute atomic E-state index is 0.284. The standard InChI is InChI=1S/C11H8NO3/c1-6-2-3-9-7(4-6)10(13)8(5-12-9)11(14)15/h2-5H,1H3,(H,14,15). The number of aliphatic carboxylic acids is 1. The maximum atomic E-state index is 11.7. The Balaban J connectivity index is 2.52. The summed E-state index contributed by atoms with van der Waals surface area (Å²) in [5.41, 5.74) is 1.50. The van der Waals surface area contributed by atoms with Crippen molar-refractivity contribution >= 4 is 17.4 Å². The van der Waals surface area contributed by atoms with Gasteiger partial charge in [-0.3, -0.25) is 10.1 Å². The number of hydrogen-bond acceptors (Lipinski definition) is 2. The first-order chi connectivity index (χ1) is 7.09. The van der Waals surface area contributed by atoms with Crippen molar-refractivity contribution in [3.05, 3.63) is 41.1 Å². The topological polar surface area (TPSA) is 68.5 Å². The highest BCUT2D eigenvalue weighted by molar-refractivity contribution is 6.26. The Morgan fingerprint density at radius 1 is 1.40 bits per heavy atom. The lowest BCUT2D eigenvalue weighted by atomic mass is 9.98. The predicted molar refractivity (Wildman–Crippen MR) is 53.0 cm³/mol. The Labute approximate surface area is 86.2 Å². The fourth-order valence-corrected chi connectivity index (χ4v) is 1.43. The zero-order chi connectivity index (χ0) is 11.0. The van der Waals surface area contributed by atoms with Crippen molar-refractivity contribution in [1.29, 1.82) is 0 Å². The number of carboxylic acid groups (broad SMARTS) is 1. The number of aryl methyl sites for hydroxylation is 1. The number of Topliss-reactive ketones (excluding diaryl/α,β-unsaturated/α-hetero) is 1. The molecule has 0 bridgehead atoms. The van der Waals surface area contributed by atoms with E-state index in [2.05, 4.69) is 5.32 Å². The SMILES string of the molecule is Cc1ccc2c(c1)C(=O)C(C(=O)O)=C[N]2. The number of nitrogens with zero attached hydrogens (tertiary/aromatic N) is 1. The highest BCUT2D eigenvalue weighted by Crippen LogP contribution is 2.25. The molecule has 1 N–H and O–H groups in total. The summed E-state index contributed by atoms with van der Waals surface area (Å²) in [5, 5.41) is 12.7. The van der Waals surface area contributed by atoms with E-state index in [1.54, 1.807) is 12.1 Å². The van der Waals surface area contributed by atoms with E-state index in [-0.39, 0.29) is 5.57 Å². The molecule has 1 radical (unpaired) electrons. The van der Waals surface area contributed by atoms with Gasteiger partial charge in [0, 0.05) is 11.8 Å². The number of rotatable bonds is 1. The van der Waals surface area contributed by atoms with Gasteiger partial charge < -0.3 is 5.11 Å². The molecule has 1 aromatic rings. The number of ketones is 1. The Morgan fingerprint density at radius 3 is 2.80 bits per heavy atom. The number of hydrogen-bond donors (Lipinski definition) is 1. The van der Waals surface area contributed by atoms with Gasteiger partial charge in [-0.2, -0.15) is 0 Å². The van der Waals surface area contributed by atoms with Crippen molar-refractivity contribution in [1.82, 2.24) is 5.32 Å². The van der Waals surface area contributed by atoms with Crippen LogP contribution in [0.15, 0.2) is 30.0 Å². The second-order valence-electron chi connectivity index (χ2n) is 3.33. The molecule has 0 unspecified atom stereocenters. The maximum Gasteiger partial charge on any atom is 0.341 e. The van der Waals surface area contributed by atoms with Crippen LogP contribution in [0.5, 0.6) is 0 Å². The number of carbonyl (C=O) groups excluding carboxylic acids is 1. The molecule has 0 amide bonds. The first-order valence-electron chi connectivity index (χ1n) is 4.39. The van der Waals surface area contributed by atoms with Gasteiger partial charge in [0.25, 0.3) is 0 Å². The third-order valence-corrected chi connectivity index (χ3v) is 2.20. The van der Waals surface area contributed by atoms with Crippen molar-refractivity contribution in [2.75, 3.05) is 0 Å². The Kier molecular flexibility index (Phi) is 2.04. The summed E-state index contributed by atoms with van der Waals surface area (Å²) in [6, 6.07) is 5.18. The zero-order valence-corrected chi connectivity index (χ0v) is 8.02. The normalized spacial score (nSPS) is 13.9. The lowest BCUT2D eigenvalue weighted by Crippen LogP contribution is -2.19. The summed E-state index contributed by atoms with van der Waals surface area (Å²) >= 11 is 0. The van der Waals surface area contributed by atoms with Gasteiger partial charge in [0.2, 0.25) is 5.78 Å². The monoisotopic (exact) mass is 202 g/mol. The Bertz CT molecular complexity index is 489. The maximum absolute atomic E-state index is 11.7. The molecule has 1 heterocycles. The highest BCUT2D eigenvalue weighted by atomic mass is 16.4. The molecule has 0 aromatic heterocycles. The number of benzene rings is 1. The molecule has 1 aliphatic heterocycles. The van der Waals surface area contributed by atoms with Crippen LogP contribution in [0.4, 0.5) is 5.69 Å². The van der Waals surface area contributed by atoms with Gasteiger partial charge in [-0.25, -0.2) is 4.79 Å². The molecular weight excluding hydrogens is 194 g/mol. The van der Waals surface area contributed by atoms with E-state index in [1.807, 2.05) is 13.0 Å². The fraction of sp³-hybridized carbons (Fsp3) is 0.0909. The highest BCUT2D eigenvalue weighted by Gasteiger charge is 2.25. The number of carboxylic acids is 1. The van der Waals surface area contributed by atoms with Gasteiger partial charge in [0.1, 0.15) is 5.57 Å². The largest absolute Gasteiger partial charge is 0.477 e. The third-order valence-electron chi connectivity index (χ3n) is 2.20. The van der Waals surface area contributed by atoms with E-state index >= 15 is 0 Å². The van der Waals surface area contributed by atoms with Crippen LogP contribution < -0.4 is 5.32 Å². The van der Waals surface area contributed by atoms with E-state index < -0.39 is 11.8 Å². The predicted octanol–water partition coefficient (Wildman–Crippen LogP) is 1.40. The first-order valence-corrected chi connectivity index (χ1v) is 4.39. The van der Waals surface area contributed by atoms with Crippen LogP contribution in [-0.2, 0) is 4.79 Å².